The van der Waals surface area contributed by atoms with E-state index in [2.05, 4.69) is 25.1 Å². The molecule has 0 unspecified atom stereocenters. The lowest BCUT2D eigenvalue weighted by Gasteiger charge is -2.04. The van der Waals surface area contributed by atoms with Crippen molar-refractivity contribution in [3.05, 3.63) is 35.4 Å². The Morgan fingerprint density at radius 2 is 2.06 bits per heavy atom. The van der Waals surface area contributed by atoms with E-state index in [9.17, 15) is 0 Å². The predicted octanol–water partition coefficient (Wildman–Crippen LogP) is 2.78. The lowest BCUT2D eigenvalue weighted by Crippen LogP contribution is -2.13. The lowest BCUT2D eigenvalue weighted by molar-refractivity contribution is 0.129. The second-order valence-electron chi connectivity index (χ2n) is 4.60. The molecule has 0 atom stereocenters. The van der Waals surface area contributed by atoms with Gasteiger partial charge in [-0.1, -0.05) is 31.1 Å². The highest BCUT2D eigenvalue weighted by molar-refractivity contribution is 5.79. The largest absolute Gasteiger partial charge is 0.390 e. The van der Waals surface area contributed by atoms with Crippen molar-refractivity contribution in [3.8, 4) is 6.07 Å². The first kappa shape index (κ1) is 14.0. The zero-order valence-electron chi connectivity index (χ0n) is 10.9. The van der Waals surface area contributed by atoms with Gasteiger partial charge in [0.1, 0.15) is 12.4 Å². The first-order valence-corrected chi connectivity index (χ1v) is 6.05. The van der Waals surface area contributed by atoms with Crippen LogP contribution in [0.4, 0.5) is 0 Å². The van der Waals surface area contributed by atoms with E-state index in [1.54, 1.807) is 12.1 Å². The zero-order chi connectivity index (χ0) is 13.4. The lowest BCUT2D eigenvalue weighted by atomic mass is 10.1. The van der Waals surface area contributed by atoms with Crippen molar-refractivity contribution < 1.29 is 4.84 Å². The molecule has 0 saturated carbocycles. The van der Waals surface area contributed by atoms with Crippen molar-refractivity contribution in [2.45, 2.75) is 33.3 Å². The van der Waals surface area contributed by atoms with Crippen LogP contribution in [-0.4, -0.2) is 5.84 Å². The van der Waals surface area contributed by atoms with Crippen LogP contribution in [0.5, 0.6) is 0 Å². The minimum absolute atomic E-state index is 0.369. The third kappa shape index (κ3) is 5.35. The SMILES string of the molecule is CC(C)CC/C(N)=N/OCc1ccc(C#N)cc1. The number of hydrogen-bond acceptors (Lipinski definition) is 3. The Labute approximate surface area is 108 Å². The normalized spacial score (nSPS) is 11.3. The molecule has 0 aromatic heterocycles. The molecule has 0 aliphatic rings. The molecule has 0 heterocycles. The summed E-state index contributed by atoms with van der Waals surface area (Å²) in [6, 6.07) is 9.27. The van der Waals surface area contributed by atoms with E-state index >= 15 is 0 Å². The van der Waals surface area contributed by atoms with E-state index in [0.717, 1.165) is 18.4 Å². The molecule has 0 radical (unpaired) electrons. The van der Waals surface area contributed by atoms with Gasteiger partial charge in [-0.25, -0.2) is 0 Å². The maximum Gasteiger partial charge on any atom is 0.142 e. The maximum absolute atomic E-state index is 8.66. The Kier molecular flexibility index (Phi) is 5.72. The highest BCUT2D eigenvalue weighted by Crippen LogP contribution is 2.06. The van der Waals surface area contributed by atoms with E-state index in [0.29, 0.717) is 23.9 Å². The Morgan fingerprint density at radius 1 is 1.39 bits per heavy atom. The molecule has 96 valence electrons. The van der Waals surface area contributed by atoms with Gasteiger partial charge in [-0.3, -0.25) is 0 Å². The van der Waals surface area contributed by atoms with Crippen LogP contribution in [0, 0.1) is 17.2 Å². The molecule has 4 nitrogen and oxygen atoms in total. The molecule has 0 bridgehead atoms. The van der Waals surface area contributed by atoms with E-state index in [4.69, 9.17) is 15.8 Å². The molecule has 1 aromatic rings. The molecule has 0 aliphatic carbocycles. The summed E-state index contributed by atoms with van der Waals surface area (Å²) >= 11 is 0. The first-order chi connectivity index (χ1) is 8.61. The number of benzene rings is 1. The fourth-order valence-electron chi connectivity index (χ4n) is 1.35. The fourth-order valence-corrected chi connectivity index (χ4v) is 1.35. The number of oxime groups is 1. The molecule has 0 fully saturated rings. The molecular weight excluding hydrogens is 226 g/mol. The smallest absolute Gasteiger partial charge is 0.142 e. The van der Waals surface area contributed by atoms with Gasteiger partial charge < -0.3 is 10.6 Å². The molecule has 1 rings (SSSR count). The molecule has 0 spiro atoms. The van der Waals surface area contributed by atoms with Crippen LogP contribution in [0.2, 0.25) is 0 Å². The maximum atomic E-state index is 8.66. The van der Waals surface area contributed by atoms with E-state index in [1.807, 2.05) is 12.1 Å². The monoisotopic (exact) mass is 245 g/mol. The quantitative estimate of drug-likeness (QED) is 0.476. The van der Waals surface area contributed by atoms with Gasteiger partial charge in [0.05, 0.1) is 11.6 Å². The number of hydrogen-bond donors (Lipinski definition) is 1. The molecule has 0 aliphatic heterocycles. The molecule has 4 heteroatoms. The van der Waals surface area contributed by atoms with Gasteiger partial charge in [-0.2, -0.15) is 5.26 Å². The summed E-state index contributed by atoms with van der Waals surface area (Å²) in [5.41, 5.74) is 7.32. The molecule has 0 amide bonds. The second-order valence-corrected chi connectivity index (χ2v) is 4.60. The minimum atomic E-state index is 0.369. The highest BCUT2D eigenvalue weighted by Gasteiger charge is 1.98. The fraction of sp³-hybridized carbons (Fsp3) is 0.429. The minimum Gasteiger partial charge on any atom is -0.390 e. The summed E-state index contributed by atoms with van der Waals surface area (Å²) in [5.74, 6) is 1.13. The van der Waals surface area contributed by atoms with E-state index < -0.39 is 0 Å². The highest BCUT2D eigenvalue weighted by atomic mass is 16.6. The Balaban J connectivity index is 2.36. The van der Waals surface area contributed by atoms with Crippen LogP contribution in [0.25, 0.3) is 0 Å². The van der Waals surface area contributed by atoms with Crippen LogP contribution in [-0.2, 0) is 11.4 Å². The summed E-state index contributed by atoms with van der Waals surface area (Å²) < 4.78 is 0. The number of nitrogens with zero attached hydrogens (tertiary/aromatic N) is 2. The van der Waals surface area contributed by atoms with Gasteiger partial charge in [-0.15, -0.1) is 0 Å². The van der Waals surface area contributed by atoms with Gasteiger partial charge >= 0.3 is 0 Å². The van der Waals surface area contributed by atoms with Crippen LogP contribution in [0.15, 0.2) is 29.4 Å². The van der Waals surface area contributed by atoms with Crippen molar-refractivity contribution in [2.75, 3.05) is 0 Å². The number of rotatable bonds is 6. The van der Waals surface area contributed by atoms with Gasteiger partial charge in [0, 0.05) is 6.42 Å². The van der Waals surface area contributed by atoms with Crippen molar-refractivity contribution in [3.63, 3.8) is 0 Å². The van der Waals surface area contributed by atoms with Crippen molar-refractivity contribution in [2.24, 2.45) is 16.8 Å². The average molecular weight is 245 g/mol. The number of nitrogens with two attached hydrogens (primary N) is 1. The van der Waals surface area contributed by atoms with Crippen LogP contribution in [0.3, 0.4) is 0 Å². The Morgan fingerprint density at radius 3 is 2.61 bits per heavy atom. The Hall–Kier alpha value is -2.02. The number of amidine groups is 1. The standard InChI is InChI=1S/C14H19N3O/c1-11(2)3-8-14(16)17-18-10-13-6-4-12(9-15)5-7-13/h4-7,11H,3,8,10H2,1-2H3,(H2,16,17). The van der Waals surface area contributed by atoms with Gasteiger partial charge in [-0.05, 0) is 30.0 Å². The van der Waals surface area contributed by atoms with Crippen molar-refractivity contribution in [1.82, 2.24) is 0 Å². The molecule has 0 saturated heterocycles. The number of nitriles is 1. The third-order valence-corrected chi connectivity index (χ3v) is 2.47. The molecule has 1 aromatic carbocycles. The van der Waals surface area contributed by atoms with Crippen LogP contribution < -0.4 is 5.73 Å². The third-order valence-electron chi connectivity index (χ3n) is 2.47. The Bertz CT molecular complexity index is 429. The van der Waals surface area contributed by atoms with E-state index in [1.165, 1.54) is 0 Å². The van der Waals surface area contributed by atoms with Gasteiger partial charge in [0.25, 0.3) is 0 Å². The van der Waals surface area contributed by atoms with Crippen LogP contribution in [0.1, 0.15) is 37.8 Å². The van der Waals surface area contributed by atoms with E-state index in [-0.39, 0.29) is 0 Å². The summed E-state index contributed by atoms with van der Waals surface area (Å²) in [6.07, 6.45) is 1.76. The van der Waals surface area contributed by atoms with Gasteiger partial charge in [0.15, 0.2) is 0 Å². The topological polar surface area (TPSA) is 71.4 Å². The molecular formula is C14H19N3O. The zero-order valence-corrected chi connectivity index (χ0v) is 10.9. The molecule has 2 N–H and O–H groups in total. The summed E-state index contributed by atoms with van der Waals surface area (Å²) in [6.45, 7) is 4.66. The van der Waals surface area contributed by atoms with Gasteiger partial charge in [0.2, 0.25) is 0 Å². The predicted molar refractivity (Wildman–Crippen MR) is 71.6 cm³/mol. The van der Waals surface area contributed by atoms with Crippen molar-refractivity contribution in [1.29, 1.82) is 5.26 Å². The first-order valence-electron chi connectivity index (χ1n) is 6.05. The summed E-state index contributed by atoms with van der Waals surface area (Å²) in [7, 11) is 0. The molecule has 18 heavy (non-hydrogen) atoms. The van der Waals surface area contributed by atoms with Crippen molar-refractivity contribution >= 4 is 5.84 Å². The van der Waals surface area contributed by atoms with Crippen LogP contribution >= 0.6 is 0 Å². The summed E-state index contributed by atoms with van der Waals surface area (Å²) in [5, 5.41) is 12.5. The summed E-state index contributed by atoms with van der Waals surface area (Å²) in [4.78, 5) is 5.17. The average Bonchev–Trinajstić information content (AvgIpc) is 2.37. The second kappa shape index (κ2) is 7.33.